The van der Waals surface area contributed by atoms with Crippen LogP contribution >= 0.6 is 0 Å². The molecule has 2 aromatic carbocycles. The number of nitrogens with zero attached hydrogens (tertiary/aromatic N) is 3. The highest BCUT2D eigenvalue weighted by molar-refractivity contribution is 6.08. The van der Waals surface area contributed by atoms with E-state index in [0.29, 0.717) is 57.8 Å². The van der Waals surface area contributed by atoms with Crippen LogP contribution in [0.5, 0.6) is 0 Å². The first-order valence-electron chi connectivity index (χ1n) is 17.4. The monoisotopic (exact) mass is 685 g/mol. The molecule has 266 valence electrons. The molecule has 0 spiro atoms. The molecule has 13 nitrogen and oxygen atoms in total. The highest BCUT2D eigenvalue weighted by atomic mass is 16.6. The van der Waals surface area contributed by atoms with Crippen molar-refractivity contribution in [3.05, 3.63) is 59.2 Å². The number of ketones is 1. The van der Waals surface area contributed by atoms with Crippen LogP contribution in [0.15, 0.2) is 36.4 Å². The van der Waals surface area contributed by atoms with Crippen LogP contribution in [-0.2, 0) is 15.0 Å². The lowest BCUT2D eigenvalue weighted by Gasteiger charge is -2.27. The Hall–Kier alpha value is -4.94. The summed E-state index contributed by atoms with van der Waals surface area (Å²) in [6, 6.07) is 10.2. The Morgan fingerprint density at radius 3 is 2.46 bits per heavy atom. The van der Waals surface area contributed by atoms with Crippen LogP contribution < -0.4 is 10.6 Å². The molecular weight excluding hydrogens is 638 g/mol. The molecule has 1 aliphatic heterocycles. The summed E-state index contributed by atoms with van der Waals surface area (Å²) in [6.45, 7) is 13.4. The summed E-state index contributed by atoms with van der Waals surface area (Å²) < 4.78 is 11.2. The van der Waals surface area contributed by atoms with Gasteiger partial charge in [-0.1, -0.05) is 19.4 Å². The predicted molar refractivity (Wildman–Crippen MR) is 188 cm³/mol. The summed E-state index contributed by atoms with van der Waals surface area (Å²) in [6.07, 6.45) is 3.26. The maximum atomic E-state index is 13.4. The largest absolute Gasteiger partial charge is 0.444 e. The standard InChI is InChI=1S/C37H47N7O6/c1-8-11-22-19-37(22,43-33(47)49-35(2,3)4)32-41-25-13-9-12-23(29(25)42-32)31(46)38-20-28(45)21-15-16-24-26(18-21)40-30(39-24)27-14-10-17-44(27)34(48)50-36(5,6)7/h9,12-13,15-16,18,22,27H,8,10-11,14,17,19-20H2,1-7H3,(H,38,46)(H,39,40)(H,41,42)(H,43,47)/t22?,27-,37-/m0/s1. The molecule has 4 N–H and O–H groups in total. The number of carbonyl (C=O) groups is 4. The molecule has 3 heterocycles. The third-order valence-electron chi connectivity index (χ3n) is 9.07. The van der Waals surface area contributed by atoms with Crippen molar-refractivity contribution in [2.24, 2.45) is 5.92 Å². The molecule has 3 amide bonds. The fourth-order valence-electron chi connectivity index (χ4n) is 6.75. The predicted octanol–water partition coefficient (Wildman–Crippen LogP) is 6.66. The van der Waals surface area contributed by atoms with Gasteiger partial charge in [-0.15, -0.1) is 0 Å². The van der Waals surface area contributed by atoms with Gasteiger partial charge in [-0.2, -0.15) is 0 Å². The average Bonchev–Trinajstić information content (AvgIpc) is 3.46. The van der Waals surface area contributed by atoms with Gasteiger partial charge >= 0.3 is 12.2 Å². The van der Waals surface area contributed by atoms with Gasteiger partial charge in [0.15, 0.2) is 5.78 Å². The second-order valence-electron chi connectivity index (χ2n) is 15.4. The Morgan fingerprint density at radius 1 is 0.980 bits per heavy atom. The first kappa shape index (κ1) is 34.9. The van der Waals surface area contributed by atoms with Crippen molar-refractivity contribution in [3.8, 4) is 0 Å². The number of hydrogen-bond acceptors (Lipinski definition) is 8. The number of fused-ring (bicyclic) bond motifs is 2. The van der Waals surface area contributed by atoms with Crippen LogP contribution in [-0.4, -0.2) is 73.0 Å². The molecule has 0 bridgehead atoms. The molecule has 50 heavy (non-hydrogen) atoms. The first-order valence-corrected chi connectivity index (χ1v) is 17.4. The van der Waals surface area contributed by atoms with Gasteiger partial charge in [0.05, 0.1) is 34.7 Å². The highest BCUT2D eigenvalue weighted by Gasteiger charge is 2.58. The van der Waals surface area contributed by atoms with Crippen molar-refractivity contribution in [2.75, 3.05) is 13.1 Å². The number of amides is 3. The maximum Gasteiger partial charge on any atom is 0.410 e. The van der Waals surface area contributed by atoms with Gasteiger partial charge in [0.25, 0.3) is 5.91 Å². The number of aromatic amines is 2. The number of H-pyrrole nitrogens is 2. The zero-order valence-electron chi connectivity index (χ0n) is 29.9. The summed E-state index contributed by atoms with van der Waals surface area (Å²) in [4.78, 5) is 70.2. The van der Waals surface area contributed by atoms with E-state index in [-0.39, 0.29) is 30.4 Å². The summed E-state index contributed by atoms with van der Waals surface area (Å²) >= 11 is 0. The zero-order chi connectivity index (χ0) is 36.0. The summed E-state index contributed by atoms with van der Waals surface area (Å²) in [5.74, 6) is 0.685. The van der Waals surface area contributed by atoms with Crippen LogP contribution in [0.25, 0.3) is 22.1 Å². The molecule has 2 aromatic heterocycles. The van der Waals surface area contributed by atoms with Crippen molar-refractivity contribution in [3.63, 3.8) is 0 Å². The number of para-hydroxylation sites is 1. The number of aromatic nitrogens is 4. The Morgan fingerprint density at radius 2 is 1.74 bits per heavy atom. The molecule has 6 rings (SSSR count). The number of nitrogens with one attached hydrogen (secondary N) is 4. The summed E-state index contributed by atoms with van der Waals surface area (Å²) in [7, 11) is 0. The van der Waals surface area contributed by atoms with Crippen molar-refractivity contribution < 1.29 is 28.7 Å². The van der Waals surface area contributed by atoms with E-state index in [2.05, 4.69) is 27.5 Å². The van der Waals surface area contributed by atoms with E-state index in [1.165, 1.54) is 0 Å². The average molecular weight is 686 g/mol. The lowest BCUT2D eigenvalue weighted by Crippen LogP contribution is -2.41. The Balaban J connectivity index is 1.15. The zero-order valence-corrected chi connectivity index (χ0v) is 29.9. The Kier molecular flexibility index (Phi) is 9.12. The molecule has 13 heteroatoms. The van der Waals surface area contributed by atoms with Crippen molar-refractivity contribution in [2.45, 2.75) is 103 Å². The van der Waals surface area contributed by atoms with E-state index < -0.39 is 28.7 Å². The van der Waals surface area contributed by atoms with Gasteiger partial charge in [-0.05, 0) is 103 Å². The van der Waals surface area contributed by atoms with Gasteiger partial charge in [-0.3, -0.25) is 14.5 Å². The second kappa shape index (κ2) is 13.1. The molecule has 1 unspecified atom stereocenters. The Labute approximate surface area is 291 Å². The lowest BCUT2D eigenvalue weighted by atomic mass is 10.1. The number of imidazole rings is 2. The smallest absolute Gasteiger partial charge is 0.410 e. The minimum absolute atomic E-state index is 0.181. The van der Waals surface area contributed by atoms with Gasteiger partial charge in [0.1, 0.15) is 33.9 Å². The second-order valence-corrected chi connectivity index (χ2v) is 15.4. The molecule has 1 aliphatic carbocycles. The van der Waals surface area contributed by atoms with Gasteiger partial charge in [-0.25, -0.2) is 19.6 Å². The number of hydrogen-bond donors (Lipinski definition) is 4. The topological polar surface area (TPSA) is 171 Å². The minimum Gasteiger partial charge on any atom is -0.444 e. The molecule has 3 atom stereocenters. The number of alkyl carbamates (subject to hydrolysis) is 1. The van der Waals surface area contributed by atoms with E-state index in [9.17, 15) is 19.2 Å². The van der Waals surface area contributed by atoms with E-state index >= 15 is 0 Å². The summed E-state index contributed by atoms with van der Waals surface area (Å²) in [5, 5.41) is 5.82. The molecular formula is C37H47N7O6. The van der Waals surface area contributed by atoms with Crippen molar-refractivity contribution >= 4 is 45.9 Å². The third kappa shape index (κ3) is 7.31. The van der Waals surface area contributed by atoms with E-state index in [1.54, 1.807) is 35.2 Å². The van der Waals surface area contributed by atoms with E-state index in [4.69, 9.17) is 19.4 Å². The van der Waals surface area contributed by atoms with Crippen molar-refractivity contribution in [1.29, 1.82) is 0 Å². The molecule has 0 radical (unpaired) electrons. The fourth-order valence-corrected chi connectivity index (χ4v) is 6.75. The number of rotatable bonds is 9. The number of likely N-dealkylation sites (tertiary alicyclic amines) is 1. The molecule has 1 saturated heterocycles. The summed E-state index contributed by atoms with van der Waals surface area (Å²) in [5.41, 5.74) is 1.22. The van der Waals surface area contributed by atoms with Crippen molar-refractivity contribution in [1.82, 2.24) is 35.5 Å². The van der Waals surface area contributed by atoms with Crippen LogP contribution in [0.4, 0.5) is 9.59 Å². The van der Waals surface area contributed by atoms with Crippen LogP contribution in [0.3, 0.4) is 0 Å². The van der Waals surface area contributed by atoms with Crippen LogP contribution in [0.2, 0.25) is 0 Å². The molecule has 1 saturated carbocycles. The number of Topliss-reactive ketones (excluding diaryl/α,β-unsaturated/α-hetero) is 1. The highest BCUT2D eigenvalue weighted by Crippen LogP contribution is 2.54. The third-order valence-corrected chi connectivity index (χ3v) is 9.07. The van der Waals surface area contributed by atoms with Gasteiger partial charge in [0, 0.05) is 12.1 Å². The minimum atomic E-state index is -0.710. The fraction of sp³-hybridized carbons (Fsp3) is 0.514. The lowest BCUT2D eigenvalue weighted by molar-refractivity contribution is 0.0218. The maximum absolute atomic E-state index is 13.4. The van der Waals surface area contributed by atoms with Gasteiger partial charge < -0.3 is 30.1 Å². The van der Waals surface area contributed by atoms with Gasteiger partial charge in [0.2, 0.25) is 0 Å². The molecule has 4 aromatic rings. The van der Waals surface area contributed by atoms with E-state index in [1.807, 2.05) is 47.6 Å². The van der Waals surface area contributed by atoms with E-state index in [0.717, 1.165) is 25.7 Å². The number of ether oxygens (including phenoxy) is 2. The Bertz CT molecular complexity index is 1950. The van der Waals surface area contributed by atoms with Crippen LogP contribution in [0.1, 0.15) is 119 Å². The van der Waals surface area contributed by atoms with Crippen LogP contribution in [0, 0.1) is 5.92 Å². The normalized spacial score (nSPS) is 20.6. The molecule has 2 fully saturated rings. The molecule has 2 aliphatic rings. The number of benzene rings is 2. The quantitative estimate of drug-likeness (QED) is 0.142. The number of carbonyl (C=O) groups excluding carboxylic acids is 4. The first-order chi connectivity index (χ1) is 23.6. The SMILES string of the molecule is CCCC1C[C@@]1(NC(=O)OC(C)(C)C)c1nc2c(C(=O)NCC(=O)c3ccc4nc([C@@H]5CCCN5C(=O)OC(C)(C)C)[nH]c4c3)cccc2[nH]1.